The summed E-state index contributed by atoms with van der Waals surface area (Å²) in [5.74, 6) is -0.461. The van der Waals surface area contributed by atoms with Crippen molar-refractivity contribution in [2.75, 3.05) is 5.32 Å². The molecule has 1 amide bonds. The van der Waals surface area contributed by atoms with Crippen molar-refractivity contribution in [2.45, 2.75) is 25.6 Å². The average Bonchev–Trinajstić information content (AvgIpc) is 2.94. The highest BCUT2D eigenvalue weighted by Gasteiger charge is 2.32. The lowest BCUT2D eigenvalue weighted by atomic mass is 10.1. The van der Waals surface area contributed by atoms with Crippen molar-refractivity contribution in [1.82, 2.24) is 10.2 Å². The van der Waals surface area contributed by atoms with E-state index in [1.54, 1.807) is 6.07 Å². The number of carbonyl (C=O) groups excluding carboxylic acids is 1. The van der Waals surface area contributed by atoms with Gasteiger partial charge in [-0.05, 0) is 18.6 Å². The van der Waals surface area contributed by atoms with Gasteiger partial charge in [-0.3, -0.25) is 9.89 Å². The van der Waals surface area contributed by atoms with Gasteiger partial charge in [-0.15, -0.1) is 13.2 Å². The molecule has 1 aromatic heterocycles. The number of benzene rings is 1. The number of carbonyl (C=O) groups is 1. The first-order valence-corrected chi connectivity index (χ1v) is 6.96. The van der Waals surface area contributed by atoms with E-state index in [-0.39, 0.29) is 41.6 Å². The maximum Gasteiger partial charge on any atom is 0.573 e. The first-order valence-electron chi connectivity index (χ1n) is 6.96. The third-order valence-corrected chi connectivity index (χ3v) is 2.93. The molecule has 0 aliphatic heterocycles. The van der Waals surface area contributed by atoms with E-state index in [2.05, 4.69) is 20.3 Å². The Morgan fingerprint density at radius 1 is 1.38 bits per heavy atom. The molecule has 0 unspecified atom stereocenters. The van der Waals surface area contributed by atoms with Gasteiger partial charge in [0.15, 0.2) is 0 Å². The molecule has 0 saturated heterocycles. The molecule has 0 saturated carbocycles. The Morgan fingerprint density at radius 3 is 2.83 bits per heavy atom. The highest BCUT2D eigenvalue weighted by molar-refractivity contribution is 5.90. The van der Waals surface area contributed by atoms with Gasteiger partial charge in [-0.25, -0.2) is 0 Å². The highest BCUT2D eigenvalue weighted by atomic mass is 19.4. The quantitative estimate of drug-likeness (QED) is 0.787. The van der Waals surface area contributed by atoms with Crippen LogP contribution in [0.4, 0.5) is 19.0 Å². The second-order valence-electron chi connectivity index (χ2n) is 4.77. The lowest BCUT2D eigenvalue weighted by Gasteiger charge is -2.11. The monoisotopic (exact) mass is 338 g/mol. The van der Waals surface area contributed by atoms with Crippen LogP contribution < -0.4 is 10.1 Å². The maximum absolute atomic E-state index is 12.4. The van der Waals surface area contributed by atoms with Crippen LogP contribution in [-0.4, -0.2) is 22.5 Å². The van der Waals surface area contributed by atoms with Gasteiger partial charge in [0.2, 0.25) is 5.91 Å². The Bertz CT molecular complexity index is 750. The van der Waals surface area contributed by atoms with Gasteiger partial charge < -0.3 is 10.1 Å². The highest BCUT2D eigenvalue weighted by Crippen LogP contribution is 2.33. The molecule has 1 heterocycles. The molecule has 2 aromatic rings. The largest absolute Gasteiger partial charge is 0.573 e. The molecule has 0 bridgehead atoms. The van der Waals surface area contributed by atoms with E-state index in [0.29, 0.717) is 6.42 Å². The predicted octanol–water partition coefficient (Wildman–Crippen LogP) is 3.61. The summed E-state index contributed by atoms with van der Waals surface area (Å²) < 4.78 is 41.3. The summed E-state index contributed by atoms with van der Waals surface area (Å²) in [6.45, 7) is 0. The van der Waals surface area contributed by atoms with Crippen LogP contribution in [0.15, 0.2) is 30.3 Å². The summed E-state index contributed by atoms with van der Waals surface area (Å²) in [4.78, 5) is 11.6. The number of aromatic nitrogens is 2. The molecule has 0 spiro atoms. The third kappa shape index (κ3) is 5.01. The Balaban J connectivity index is 2.11. The van der Waals surface area contributed by atoms with E-state index >= 15 is 0 Å². The minimum atomic E-state index is -4.82. The lowest BCUT2D eigenvalue weighted by Crippen LogP contribution is -2.17. The van der Waals surface area contributed by atoms with Crippen molar-refractivity contribution < 1.29 is 22.7 Å². The van der Waals surface area contributed by atoms with E-state index < -0.39 is 6.36 Å². The van der Waals surface area contributed by atoms with Crippen molar-refractivity contribution in [3.8, 4) is 23.1 Å². The van der Waals surface area contributed by atoms with Gasteiger partial charge in [0.1, 0.15) is 11.6 Å². The minimum Gasteiger partial charge on any atom is -0.405 e. The number of para-hydroxylation sites is 1. The summed E-state index contributed by atoms with van der Waals surface area (Å²) in [7, 11) is 0. The van der Waals surface area contributed by atoms with Crippen LogP contribution in [0.1, 0.15) is 19.3 Å². The number of ether oxygens (including phenoxy) is 1. The molecule has 0 atom stereocenters. The van der Waals surface area contributed by atoms with Crippen LogP contribution in [0.5, 0.6) is 5.75 Å². The normalized spacial score (nSPS) is 10.9. The first-order chi connectivity index (χ1) is 11.4. The van der Waals surface area contributed by atoms with E-state index in [1.165, 1.54) is 24.3 Å². The Labute approximate surface area is 135 Å². The average molecular weight is 338 g/mol. The molecule has 1 aromatic carbocycles. The summed E-state index contributed by atoms with van der Waals surface area (Å²) in [6, 6.07) is 8.90. The van der Waals surface area contributed by atoms with Gasteiger partial charge in [0.05, 0.1) is 11.8 Å². The van der Waals surface area contributed by atoms with Crippen molar-refractivity contribution in [2.24, 2.45) is 0 Å². The standard InChI is InChI=1S/C15H13F3N4O2/c16-15(17,18)24-12-6-2-1-5-10(12)11-9-13(22-21-11)20-14(23)7-3-4-8-19/h1-2,5-6,9H,3-4,7H2,(H2,20,21,22,23). The molecule has 2 N–H and O–H groups in total. The molecule has 9 heteroatoms. The van der Waals surface area contributed by atoms with E-state index in [1.807, 2.05) is 6.07 Å². The number of aromatic amines is 1. The zero-order valence-electron chi connectivity index (χ0n) is 12.4. The SMILES string of the molecule is N#CCCCC(=O)Nc1cc(-c2ccccc2OC(F)(F)F)n[nH]1. The smallest absolute Gasteiger partial charge is 0.405 e. The van der Waals surface area contributed by atoms with Crippen LogP contribution in [0.25, 0.3) is 11.3 Å². The fraction of sp³-hybridized carbons (Fsp3) is 0.267. The Hall–Kier alpha value is -3.02. The molecule has 0 aliphatic carbocycles. The molecule has 0 radical (unpaired) electrons. The second-order valence-corrected chi connectivity index (χ2v) is 4.77. The van der Waals surface area contributed by atoms with Crippen molar-refractivity contribution in [3.05, 3.63) is 30.3 Å². The zero-order chi connectivity index (χ0) is 17.6. The van der Waals surface area contributed by atoms with E-state index in [0.717, 1.165) is 0 Å². The number of hydrogen-bond acceptors (Lipinski definition) is 4. The number of rotatable bonds is 6. The van der Waals surface area contributed by atoms with Gasteiger partial charge in [-0.2, -0.15) is 10.4 Å². The number of nitriles is 1. The third-order valence-electron chi connectivity index (χ3n) is 2.93. The van der Waals surface area contributed by atoms with Gasteiger partial charge >= 0.3 is 6.36 Å². The summed E-state index contributed by atoms with van der Waals surface area (Å²) in [5, 5.41) is 17.4. The van der Waals surface area contributed by atoms with Crippen molar-refractivity contribution in [3.63, 3.8) is 0 Å². The fourth-order valence-electron chi connectivity index (χ4n) is 1.96. The van der Waals surface area contributed by atoms with E-state index in [9.17, 15) is 18.0 Å². The van der Waals surface area contributed by atoms with Crippen LogP contribution in [-0.2, 0) is 4.79 Å². The van der Waals surface area contributed by atoms with Crippen LogP contribution in [0.2, 0.25) is 0 Å². The predicted molar refractivity (Wildman–Crippen MR) is 78.8 cm³/mol. The molecular weight excluding hydrogens is 325 g/mol. The van der Waals surface area contributed by atoms with Gasteiger partial charge in [0, 0.05) is 24.5 Å². The number of hydrogen-bond donors (Lipinski definition) is 2. The van der Waals surface area contributed by atoms with Crippen LogP contribution >= 0.6 is 0 Å². The molecule has 0 fully saturated rings. The number of halogens is 3. The molecule has 0 aliphatic rings. The lowest BCUT2D eigenvalue weighted by molar-refractivity contribution is -0.274. The number of amides is 1. The number of H-pyrrole nitrogens is 1. The molecular formula is C15H13F3N4O2. The maximum atomic E-state index is 12.4. The number of anilines is 1. The number of alkyl halides is 3. The second kappa shape index (κ2) is 7.50. The summed E-state index contributed by atoms with van der Waals surface area (Å²) >= 11 is 0. The van der Waals surface area contributed by atoms with Gasteiger partial charge in [0.25, 0.3) is 0 Å². The molecule has 6 nitrogen and oxygen atoms in total. The van der Waals surface area contributed by atoms with Crippen molar-refractivity contribution in [1.29, 1.82) is 5.26 Å². The van der Waals surface area contributed by atoms with Crippen LogP contribution in [0, 0.1) is 11.3 Å². The summed E-state index contributed by atoms with van der Waals surface area (Å²) in [5.41, 5.74) is 0.332. The minimum absolute atomic E-state index is 0.135. The van der Waals surface area contributed by atoms with Gasteiger partial charge in [-0.1, -0.05) is 12.1 Å². The molecule has 24 heavy (non-hydrogen) atoms. The topological polar surface area (TPSA) is 90.8 Å². The molecule has 2 rings (SSSR count). The van der Waals surface area contributed by atoms with E-state index in [4.69, 9.17) is 5.26 Å². The number of nitrogens with zero attached hydrogens (tertiary/aromatic N) is 2. The molecule has 126 valence electrons. The Morgan fingerprint density at radius 2 is 2.12 bits per heavy atom. The zero-order valence-corrected chi connectivity index (χ0v) is 12.4. The number of nitrogens with one attached hydrogen (secondary N) is 2. The number of unbranched alkanes of at least 4 members (excludes halogenated alkanes) is 1. The van der Waals surface area contributed by atoms with Crippen molar-refractivity contribution >= 4 is 11.7 Å². The Kier molecular flexibility index (Phi) is 5.42. The fourth-order valence-corrected chi connectivity index (χ4v) is 1.96. The van der Waals surface area contributed by atoms with Crippen LogP contribution in [0.3, 0.4) is 0 Å². The first kappa shape index (κ1) is 17.3. The summed E-state index contributed by atoms with van der Waals surface area (Å²) in [6.07, 6.45) is -3.96.